The van der Waals surface area contributed by atoms with Gasteiger partial charge in [0, 0.05) is 35.6 Å². The van der Waals surface area contributed by atoms with E-state index in [1.165, 1.54) is 48.5 Å². The molecule has 3 aromatic carbocycles. The average Bonchev–Trinajstić information content (AvgIpc) is 2.87. The highest BCUT2D eigenvalue weighted by molar-refractivity contribution is 5.85. The number of non-ortho nitro benzene ring substituents is 2. The van der Waals surface area contributed by atoms with Crippen LogP contribution in [0.3, 0.4) is 0 Å². The fraction of sp³-hybridized carbons (Fsp3) is 0.130. The molecule has 0 bridgehead atoms. The van der Waals surface area contributed by atoms with E-state index in [2.05, 4.69) is 10.6 Å². The van der Waals surface area contributed by atoms with Crippen LogP contribution in [-0.2, 0) is 9.47 Å². The highest BCUT2D eigenvalue weighted by Gasteiger charge is 2.19. The Labute approximate surface area is 203 Å². The van der Waals surface area contributed by atoms with E-state index in [-0.39, 0.29) is 36.0 Å². The van der Waals surface area contributed by atoms with Crippen LogP contribution in [0.25, 0.3) is 0 Å². The van der Waals surface area contributed by atoms with Crippen LogP contribution in [0.4, 0.5) is 32.3 Å². The van der Waals surface area contributed by atoms with E-state index in [4.69, 9.17) is 14.2 Å². The van der Waals surface area contributed by atoms with E-state index < -0.39 is 28.1 Å². The number of benzene rings is 3. The summed E-state index contributed by atoms with van der Waals surface area (Å²) >= 11 is 0. The number of carbonyl (C=O) groups is 2. The van der Waals surface area contributed by atoms with Gasteiger partial charge in [-0.25, -0.2) is 9.59 Å². The normalized spacial score (nSPS) is 11.0. The number of nitro benzene ring substituents is 2. The minimum atomic E-state index is -1.02. The Morgan fingerprint density at radius 2 is 1.22 bits per heavy atom. The predicted molar refractivity (Wildman–Crippen MR) is 127 cm³/mol. The fourth-order valence-electron chi connectivity index (χ4n) is 2.78. The summed E-state index contributed by atoms with van der Waals surface area (Å²) in [4.78, 5) is 44.8. The third kappa shape index (κ3) is 7.98. The van der Waals surface area contributed by atoms with Gasteiger partial charge in [-0.2, -0.15) is 0 Å². The first kappa shape index (κ1) is 25.4. The van der Waals surface area contributed by atoms with Gasteiger partial charge in [-0.3, -0.25) is 30.9 Å². The maximum absolute atomic E-state index is 12.3. The first-order chi connectivity index (χ1) is 17.3. The summed E-state index contributed by atoms with van der Waals surface area (Å²) in [6, 6.07) is 18.9. The van der Waals surface area contributed by atoms with Crippen molar-refractivity contribution in [3.8, 4) is 5.75 Å². The summed E-state index contributed by atoms with van der Waals surface area (Å²) in [5.74, 6) is 0.497. The van der Waals surface area contributed by atoms with Gasteiger partial charge in [0.25, 0.3) is 11.4 Å². The minimum absolute atomic E-state index is 0.139. The lowest BCUT2D eigenvalue weighted by Gasteiger charge is -2.19. The third-order valence-corrected chi connectivity index (χ3v) is 4.50. The number of nitrogens with one attached hydrogen (secondary N) is 2. The zero-order valence-electron chi connectivity index (χ0n) is 18.6. The number of hydrogen-bond acceptors (Lipinski definition) is 9. The van der Waals surface area contributed by atoms with Crippen molar-refractivity contribution in [1.29, 1.82) is 0 Å². The van der Waals surface area contributed by atoms with Gasteiger partial charge in [0.05, 0.1) is 9.85 Å². The topological polar surface area (TPSA) is 172 Å². The van der Waals surface area contributed by atoms with Crippen LogP contribution in [0.2, 0.25) is 0 Å². The van der Waals surface area contributed by atoms with Gasteiger partial charge in [0.15, 0.2) is 6.10 Å². The van der Waals surface area contributed by atoms with Crippen LogP contribution >= 0.6 is 0 Å². The first-order valence-electron chi connectivity index (χ1n) is 10.4. The lowest BCUT2D eigenvalue weighted by Crippen LogP contribution is -2.33. The first-order valence-corrected chi connectivity index (χ1v) is 10.4. The predicted octanol–water partition coefficient (Wildman–Crippen LogP) is 4.75. The molecule has 186 valence electrons. The van der Waals surface area contributed by atoms with Gasteiger partial charge in [-0.05, 0) is 36.4 Å². The molecule has 36 heavy (non-hydrogen) atoms. The molecule has 0 aliphatic carbocycles. The maximum Gasteiger partial charge on any atom is 0.412 e. The van der Waals surface area contributed by atoms with E-state index in [0.717, 1.165) is 0 Å². The van der Waals surface area contributed by atoms with E-state index in [0.29, 0.717) is 5.75 Å². The van der Waals surface area contributed by atoms with Crippen molar-refractivity contribution in [2.45, 2.75) is 6.10 Å². The van der Waals surface area contributed by atoms with Crippen molar-refractivity contribution < 1.29 is 33.6 Å². The van der Waals surface area contributed by atoms with E-state index in [9.17, 15) is 29.8 Å². The molecule has 0 aliphatic rings. The molecule has 0 saturated carbocycles. The molecule has 3 aromatic rings. The molecule has 0 aromatic heterocycles. The molecule has 3 rings (SSSR count). The highest BCUT2D eigenvalue weighted by atomic mass is 16.6. The number of ether oxygens (including phenoxy) is 3. The zero-order chi connectivity index (χ0) is 25.9. The standard InChI is InChI=1S/C23H20N4O9/c28-22(24-16-6-10-18(11-7-16)26(30)31)35-15-21(14-34-20-4-2-1-3-5-20)36-23(29)25-17-8-12-19(13-9-17)27(32)33/h1-13,21H,14-15H2,(H,24,28)(H,25,29)/t21-/m0/s1. The lowest BCUT2D eigenvalue weighted by molar-refractivity contribution is -0.385. The van der Waals surface area contributed by atoms with E-state index in [1.807, 2.05) is 0 Å². The number of para-hydroxylation sites is 1. The largest absolute Gasteiger partial charge is 0.490 e. The monoisotopic (exact) mass is 496 g/mol. The van der Waals surface area contributed by atoms with Crippen molar-refractivity contribution in [2.24, 2.45) is 0 Å². The van der Waals surface area contributed by atoms with Gasteiger partial charge in [0.1, 0.15) is 19.0 Å². The van der Waals surface area contributed by atoms with Crippen molar-refractivity contribution in [2.75, 3.05) is 23.8 Å². The van der Waals surface area contributed by atoms with Gasteiger partial charge in [-0.15, -0.1) is 0 Å². The van der Waals surface area contributed by atoms with Crippen LogP contribution in [0.15, 0.2) is 78.9 Å². The second-order valence-corrected chi connectivity index (χ2v) is 7.11. The molecule has 0 aliphatic heterocycles. The van der Waals surface area contributed by atoms with Crippen LogP contribution in [0.1, 0.15) is 0 Å². The van der Waals surface area contributed by atoms with Crippen molar-refractivity contribution in [1.82, 2.24) is 0 Å². The van der Waals surface area contributed by atoms with Gasteiger partial charge in [0.2, 0.25) is 0 Å². The molecule has 0 spiro atoms. The molecule has 0 heterocycles. The molecule has 1 atom stereocenters. The summed E-state index contributed by atoms with van der Waals surface area (Å²) in [7, 11) is 0. The molecule has 0 saturated heterocycles. The van der Waals surface area contributed by atoms with E-state index >= 15 is 0 Å². The Morgan fingerprint density at radius 1 is 0.722 bits per heavy atom. The summed E-state index contributed by atoms with van der Waals surface area (Å²) in [5.41, 5.74) is 0.236. The van der Waals surface area contributed by atoms with Crippen molar-refractivity contribution in [3.63, 3.8) is 0 Å². The van der Waals surface area contributed by atoms with Gasteiger partial charge in [-0.1, -0.05) is 18.2 Å². The number of rotatable bonds is 10. The third-order valence-electron chi connectivity index (χ3n) is 4.50. The quantitative estimate of drug-likeness (QED) is 0.297. The Morgan fingerprint density at radius 3 is 1.72 bits per heavy atom. The molecule has 13 heteroatoms. The average molecular weight is 496 g/mol. The molecule has 0 radical (unpaired) electrons. The summed E-state index contributed by atoms with van der Waals surface area (Å²) in [6.45, 7) is -0.526. The van der Waals surface area contributed by atoms with Crippen LogP contribution in [0.5, 0.6) is 5.75 Å². The number of hydrogen-bond donors (Lipinski definition) is 2. The molecule has 0 unspecified atom stereocenters. The molecule has 0 fully saturated rings. The highest BCUT2D eigenvalue weighted by Crippen LogP contribution is 2.17. The maximum atomic E-state index is 12.3. The van der Waals surface area contributed by atoms with Gasteiger partial charge >= 0.3 is 12.2 Å². The summed E-state index contributed by atoms with van der Waals surface area (Å²) in [5, 5.41) is 26.3. The SMILES string of the molecule is O=C(Nc1ccc([N+](=O)[O-])cc1)OC[C@H](COc1ccccc1)OC(=O)Nc1ccc([N+](=O)[O-])cc1. The number of nitrogens with zero attached hydrogens (tertiary/aromatic N) is 2. The second kappa shape index (κ2) is 12.3. The molecular weight excluding hydrogens is 476 g/mol. The van der Waals surface area contributed by atoms with Crippen molar-refractivity contribution >= 4 is 34.9 Å². The zero-order valence-corrected chi connectivity index (χ0v) is 18.6. The number of anilines is 2. The molecule has 2 amide bonds. The summed E-state index contributed by atoms with van der Waals surface area (Å²) in [6.07, 6.45) is -2.80. The van der Waals surface area contributed by atoms with Crippen LogP contribution < -0.4 is 15.4 Å². The summed E-state index contributed by atoms with van der Waals surface area (Å²) < 4.78 is 16.0. The number of carbonyl (C=O) groups excluding carboxylic acids is 2. The van der Waals surface area contributed by atoms with Crippen LogP contribution in [-0.4, -0.2) is 41.4 Å². The molecule has 2 N–H and O–H groups in total. The van der Waals surface area contributed by atoms with Gasteiger partial charge < -0.3 is 14.2 Å². The molecular formula is C23H20N4O9. The Bertz CT molecular complexity index is 1200. The smallest absolute Gasteiger partial charge is 0.412 e. The Hall–Kier alpha value is -5.20. The number of amides is 2. The Kier molecular flexibility index (Phi) is 8.70. The Balaban J connectivity index is 1.57. The fourth-order valence-corrected chi connectivity index (χ4v) is 2.78. The van der Waals surface area contributed by atoms with Crippen LogP contribution in [0, 0.1) is 20.2 Å². The lowest BCUT2D eigenvalue weighted by atomic mass is 10.3. The minimum Gasteiger partial charge on any atom is -0.490 e. The van der Waals surface area contributed by atoms with Crippen molar-refractivity contribution in [3.05, 3.63) is 99.1 Å². The number of nitro groups is 2. The molecule has 13 nitrogen and oxygen atoms in total. The van der Waals surface area contributed by atoms with E-state index in [1.54, 1.807) is 30.3 Å². The second-order valence-electron chi connectivity index (χ2n) is 7.11.